The van der Waals surface area contributed by atoms with Gasteiger partial charge in [0.1, 0.15) is 5.82 Å². The lowest BCUT2D eigenvalue weighted by Gasteiger charge is -2.27. The summed E-state index contributed by atoms with van der Waals surface area (Å²) in [6, 6.07) is 1.66. The van der Waals surface area contributed by atoms with Crippen LogP contribution in [0.25, 0.3) is 0 Å². The van der Waals surface area contributed by atoms with Gasteiger partial charge < -0.3 is 15.0 Å². The number of amides is 1. The molecule has 1 fully saturated rings. The number of anilines is 2. The van der Waals surface area contributed by atoms with E-state index < -0.39 is 0 Å². The third-order valence-electron chi connectivity index (χ3n) is 3.88. The van der Waals surface area contributed by atoms with Crippen LogP contribution in [0.4, 0.5) is 11.8 Å². The molecule has 27 heavy (non-hydrogen) atoms. The number of ether oxygens (including phenoxy) is 1. The van der Waals surface area contributed by atoms with Crippen molar-refractivity contribution in [2.24, 2.45) is 0 Å². The summed E-state index contributed by atoms with van der Waals surface area (Å²) in [6.07, 6.45) is 4.74. The molecule has 8 nitrogen and oxygen atoms in total. The minimum atomic E-state index is -0.224. The van der Waals surface area contributed by atoms with E-state index in [1.165, 1.54) is 17.8 Å². The monoisotopic (exact) mass is 386 g/mol. The smallest absolute Gasteiger partial charge is 0.249 e. The molecule has 2 aromatic rings. The number of hydrogen-bond acceptors (Lipinski definition) is 8. The molecule has 0 aliphatic carbocycles. The molecule has 142 valence electrons. The number of carbonyl (C=O) groups is 1. The Bertz CT molecular complexity index is 828. The minimum absolute atomic E-state index is 0.224. The minimum Gasteiger partial charge on any atom is -0.378 e. The van der Waals surface area contributed by atoms with Gasteiger partial charge in [-0.1, -0.05) is 6.08 Å². The van der Waals surface area contributed by atoms with Gasteiger partial charge in [-0.2, -0.15) is 0 Å². The molecule has 3 heterocycles. The summed E-state index contributed by atoms with van der Waals surface area (Å²) in [6.45, 7) is 8.67. The SMILES string of the molecule is C/C=C/C(=O)Nc1ccnc(Sc2c(C)nc(N3CCOCC3)nc2C)n1. The van der Waals surface area contributed by atoms with E-state index in [0.717, 1.165) is 35.3 Å². The number of aromatic nitrogens is 4. The molecule has 0 spiro atoms. The van der Waals surface area contributed by atoms with Crippen molar-refractivity contribution in [3.05, 3.63) is 35.8 Å². The number of allylic oxidation sites excluding steroid dienone is 1. The topological polar surface area (TPSA) is 93.1 Å². The Hall–Kier alpha value is -2.52. The maximum Gasteiger partial charge on any atom is 0.249 e. The number of rotatable bonds is 5. The van der Waals surface area contributed by atoms with Crippen molar-refractivity contribution in [1.29, 1.82) is 0 Å². The Morgan fingerprint density at radius 2 is 1.93 bits per heavy atom. The largest absolute Gasteiger partial charge is 0.378 e. The van der Waals surface area contributed by atoms with Crippen LogP contribution in [0.1, 0.15) is 18.3 Å². The lowest BCUT2D eigenvalue weighted by Crippen LogP contribution is -2.37. The molecule has 0 radical (unpaired) electrons. The van der Waals surface area contributed by atoms with Gasteiger partial charge >= 0.3 is 0 Å². The highest BCUT2D eigenvalue weighted by Crippen LogP contribution is 2.31. The first-order chi connectivity index (χ1) is 13.1. The standard InChI is InChI=1S/C18H22N6O2S/c1-4-5-15(25)22-14-6-7-19-18(23-14)27-16-12(2)20-17(21-13(16)3)24-8-10-26-11-9-24/h4-7H,8-11H2,1-3H3,(H,19,22,23,25)/b5-4+. The Labute approximate surface area is 162 Å². The molecule has 1 aliphatic heterocycles. The quantitative estimate of drug-likeness (QED) is 0.618. The van der Waals surface area contributed by atoms with Gasteiger partial charge in [-0.05, 0) is 44.7 Å². The number of carbonyl (C=O) groups excluding carboxylic acids is 1. The van der Waals surface area contributed by atoms with Crippen LogP contribution in [-0.4, -0.2) is 52.1 Å². The first kappa shape index (κ1) is 19.2. The van der Waals surface area contributed by atoms with E-state index in [1.54, 1.807) is 25.3 Å². The number of aryl methyl sites for hydroxylation is 2. The second kappa shape index (κ2) is 8.92. The van der Waals surface area contributed by atoms with Crippen molar-refractivity contribution in [2.45, 2.75) is 30.8 Å². The third-order valence-corrected chi connectivity index (χ3v) is 5.06. The zero-order valence-electron chi connectivity index (χ0n) is 15.6. The van der Waals surface area contributed by atoms with Crippen molar-refractivity contribution in [1.82, 2.24) is 19.9 Å². The van der Waals surface area contributed by atoms with E-state index >= 15 is 0 Å². The van der Waals surface area contributed by atoms with Crippen LogP contribution in [0.5, 0.6) is 0 Å². The van der Waals surface area contributed by atoms with Gasteiger partial charge in [0.25, 0.3) is 0 Å². The van der Waals surface area contributed by atoms with E-state index in [9.17, 15) is 4.79 Å². The fourth-order valence-corrected chi connectivity index (χ4v) is 3.44. The highest BCUT2D eigenvalue weighted by molar-refractivity contribution is 7.99. The van der Waals surface area contributed by atoms with Crippen molar-refractivity contribution in [2.75, 3.05) is 36.5 Å². The van der Waals surface area contributed by atoms with Gasteiger partial charge in [0.2, 0.25) is 11.9 Å². The highest BCUT2D eigenvalue weighted by Gasteiger charge is 2.18. The average Bonchev–Trinajstić information content (AvgIpc) is 2.66. The molecule has 0 unspecified atom stereocenters. The Morgan fingerprint density at radius 1 is 1.22 bits per heavy atom. The average molecular weight is 386 g/mol. The zero-order chi connectivity index (χ0) is 19.2. The second-order valence-electron chi connectivity index (χ2n) is 5.94. The summed E-state index contributed by atoms with van der Waals surface area (Å²) >= 11 is 1.39. The Balaban J connectivity index is 1.78. The van der Waals surface area contributed by atoms with Gasteiger partial charge in [0.15, 0.2) is 5.16 Å². The predicted molar refractivity (Wildman–Crippen MR) is 104 cm³/mol. The fourth-order valence-electron chi connectivity index (χ4n) is 2.61. The van der Waals surface area contributed by atoms with Gasteiger partial charge in [-0.3, -0.25) is 4.79 Å². The van der Waals surface area contributed by atoms with Gasteiger partial charge in [0.05, 0.1) is 29.5 Å². The maximum atomic E-state index is 11.7. The molecule has 3 rings (SSSR count). The summed E-state index contributed by atoms with van der Waals surface area (Å²) in [5.74, 6) is 0.959. The van der Waals surface area contributed by atoms with E-state index in [1.807, 2.05) is 13.8 Å². The predicted octanol–water partition coefficient (Wildman–Crippen LogP) is 2.39. The van der Waals surface area contributed by atoms with E-state index in [2.05, 4.69) is 30.2 Å². The molecular weight excluding hydrogens is 364 g/mol. The van der Waals surface area contributed by atoms with Crippen LogP contribution in [0.15, 0.2) is 34.5 Å². The van der Waals surface area contributed by atoms with Gasteiger partial charge in [-0.25, -0.2) is 19.9 Å². The lowest BCUT2D eigenvalue weighted by molar-refractivity contribution is -0.111. The summed E-state index contributed by atoms with van der Waals surface area (Å²) < 4.78 is 5.39. The Kier molecular flexibility index (Phi) is 6.36. The van der Waals surface area contributed by atoms with Crippen LogP contribution >= 0.6 is 11.8 Å². The summed E-state index contributed by atoms with van der Waals surface area (Å²) in [5, 5.41) is 3.24. The zero-order valence-corrected chi connectivity index (χ0v) is 16.4. The van der Waals surface area contributed by atoms with Crippen molar-refractivity contribution in [3.63, 3.8) is 0 Å². The van der Waals surface area contributed by atoms with E-state index in [4.69, 9.17) is 4.74 Å². The molecule has 1 aliphatic rings. The van der Waals surface area contributed by atoms with E-state index in [0.29, 0.717) is 24.2 Å². The second-order valence-corrected chi connectivity index (χ2v) is 6.92. The first-order valence-electron chi connectivity index (χ1n) is 8.69. The van der Waals surface area contributed by atoms with Crippen LogP contribution in [-0.2, 0) is 9.53 Å². The number of nitrogens with one attached hydrogen (secondary N) is 1. The molecule has 1 N–H and O–H groups in total. The summed E-state index contributed by atoms with van der Waals surface area (Å²) in [7, 11) is 0. The van der Waals surface area contributed by atoms with Crippen molar-refractivity contribution < 1.29 is 9.53 Å². The van der Waals surface area contributed by atoms with Crippen LogP contribution in [0.3, 0.4) is 0 Å². The van der Waals surface area contributed by atoms with Crippen LogP contribution < -0.4 is 10.2 Å². The van der Waals surface area contributed by atoms with Crippen LogP contribution in [0, 0.1) is 13.8 Å². The summed E-state index contributed by atoms with van der Waals surface area (Å²) in [4.78, 5) is 32.7. The highest BCUT2D eigenvalue weighted by atomic mass is 32.2. The Morgan fingerprint density at radius 3 is 2.59 bits per heavy atom. The number of nitrogens with zero attached hydrogens (tertiary/aromatic N) is 5. The normalized spacial score (nSPS) is 14.6. The molecule has 0 atom stereocenters. The molecule has 1 amide bonds. The first-order valence-corrected chi connectivity index (χ1v) is 9.51. The molecule has 0 bridgehead atoms. The van der Waals surface area contributed by atoms with Gasteiger partial charge in [-0.15, -0.1) is 0 Å². The molecule has 0 aromatic carbocycles. The number of hydrogen-bond donors (Lipinski definition) is 1. The molecule has 1 saturated heterocycles. The number of morpholine rings is 1. The maximum absolute atomic E-state index is 11.7. The fraction of sp³-hybridized carbons (Fsp3) is 0.389. The van der Waals surface area contributed by atoms with Gasteiger partial charge in [0, 0.05) is 19.3 Å². The third kappa shape index (κ3) is 5.01. The molecule has 0 saturated carbocycles. The molecule has 9 heteroatoms. The van der Waals surface area contributed by atoms with Crippen molar-refractivity contribution >= 4 is 29.4 Å². The molecule has 2 aromatic heterocycles. The van der Waals surface area contributed by atoms with Crippen LogP contribution in [0.2, 0.25) is 0 Å². The van der Waals surface area contributed by atoms with E-state index in [-0.39, 0.29) is 5.91 Å². The van der Waals surface area contributed by atoms with Crippen molar-refractivity contribution in [3.8, 4) is 0 Å². The molecular formula is C18H22N6O2S. The summed E-state index contributed by atoms with van der Waals surface area (Å²) in [5.41, 5.74) is 1.75. The lowest BCUT2D eigenvalue weighted by atomic mass is 10.3.